The summed E-state index contributed by atoms with van der Waals surface area (Å²) in [5, 5.41) is 36.0. The maximum absolute atomic E-state index is 15.1. The minimum atomic E-state index is -1.80. The lowest BCUT2D eigenvalue weighted by Crippen LogP contribution is -2.83. The van der Waals surface area contributed by atoms with Crippen molar-refractivity contribution in [2.45, 2.75) is 109 Å². The normalized spacial score (nSPS) is 55.5. The van der Waals surface area contributed by atoms with Gasteiger partial charge in [-0.3, -0.25) is 14.4 Å². The van der Waals surface area contributed by atoms with Gasteiger partial charge in [0.05, 0.1) is 48.3 Å². The predicted molar refractivity (Wildman–Crippen MR) is 141 cm³/mol. The molecule has 4 saturated carbocycles. The van der Waals surface area contributed by atoms with Crippen LogP contribution in [-0.2, 0) is 33.3 Å². The van der Waals surface area contributed by atoms with Crippen LogP contribution in [0.15, 0.2) is 23.0 Å². The summed E-state index contributed by atoms with van der Waals surface area (Å²) >= 11 is 0. The molecule has 11 heteroatoms. The smallest absolute Gasteiger partial charge is 0.303 e. The third kappa shape index (κ3) is 2.84. The number of aliphatic hydroxyl groups excluding tert-OH is 2. The molecule has 0 unspecified atom stereocenters. The van der Waals surface area contributed by atoms with E-state index in [1.54, 1.807) is 19.5 Å². The van der Waals surface area contributed by atoms with Crippen molar-refractivity contribution in [3.05, 3.63) is 24.2 Å². The molecule has 3 N–H and O–H groups in total. The first-order valence-electron chi connectivity index (χ1n) is 14.9. The van der Waals surface area contributed by atoms with Crippen molar-refractivity contribution >= 4 is 17.7 Å². The lowest BCUT2D eigenvalue weighted by atomic mass is 9.32. The van der Waals surface area contributed by atoms with Crippen LogP contribution in [0, 0.1) is 33.5 Å². The Morgan fingerprint density at radius 3 is 2.26 bits per heavy atom. The Hall–Kier alpha value is -2.31. The van der Waals surface area contributed by atoms with E-state index in [1.807, 2.05) is 19.9 Å². The highest BCUT2D eigenvalue weighted by molar-refractivity contribution is 5.93. The highest BCUT2D eigenvalue weighted by atomic mass is 16.6. The highest BCUT2D eigenvalue weighted by Crippen LogP contribution is 2.83. The molecule has 11 nitrogen and oxygen atoms in total. The number of aliphatic hydroxyl groups is 3. The number of esters is 2. The minimum Gasteiger partial charge on any atom is -0.472 e. The Balaban J connectivity index is 1.45. The van der Waals surface area contributed by atoms with E-state index < -0.39 is 87.0 Å². The SMILES string of the molecule is CC(=O)O[C@H]1C[C@H](O)[C@@]23CO[C@@](C)(O)[C@]1(C)[C@@H]2C[C@@H](O)[C@@]1(C)[C@@H]3C(=O)[C@H](OC(C)=O)[C@@]2(C)[C@H](c3ccoc3)C[C@@H]3O[C@@]312. The molecule has 1 spiro atoms. The summed E-state index contributed by atoms with van der Waals surface area (Å²) in [6, 6.07) is 1.84. The average molecular weight is 589 g/mol. The zero-order chi connectivity index (χ0) is 30.4. The Morgan fingerprint density at radius 1 is 0.952 bits per heavy atom. The molecule has 230 valence electrons. The second-order valence-corrected chi connectivity index (χ2v) is 14.4. The van der Waals surface area contributed by atoms with Crippen molar-refractivity contribution < 1.29 is 53.1 Å². The minimum absolute atomic E-state index is 0.0352. The summed E-state index contributed by atoms with van der Waals surface area (Å²) in [5.41, 5.74) is -5.05. The third-order valence-electron chi connectivity index (χ3n) is 13.1. The summed E-state index contributed by atoms with van der Waals surface area (Å²) in [6.07, 6.45) is -1.02. The van der Waals surface area contributed by atoms with Gasteiger partial charge in [0.2, 0.25) is 0 Å². The van der Waals surface area contributed by atoms with Crippen LogP contribution < -0.4 is 0 Å². The number of ether oxygens (including phenoxy) is 4. The number of carbonyl (C=O) groups excluding carboxylic acids is 3. The van der Waals surface area contributed by atoms with Gasteiger partial charge in [-0.15, -0.1) is 0 Å². The number of epoxide rings is 1. The number of Topliss-reactive ketones (excluding diaryl/α,β-unsaturated/α-hetero) is 1. The van der Waals surface area contributed by atoms with Crippen LogP contribution in [0.3, 0.4) is 0 Å². The molecule has 2 bridgehead atoms. The maximum Gasteiger partial charge on any atom is 0.303 e. The first-order valence-corrected chi connectivity index (χ1v) is 14.9. The molecule has 2 saturated heterocycles. The zero-order valence-electron chi connectivity index (χ0n) is 24.8. The van der Waals surface area contributed by atoms with Crippen molar-refractivity contribution in [3.63, 3.8) is 0 Å². The van der Waals surface area contributed by atoms with Crippen LogP contribution in [-0.4, -0.2) is 81.6 Å². The zero-order valence-corrected chi connectivity index (χ0v) is 24.8. The van der Waals surface area contributed by atoms with Crippen molar-refractivity contribution in [2.24, 2.45) is 33.5 Å². The Labute approximate surface area is 243 Å². The lowest BCUT2D eigenvalue weighted by Gasteiger charge is -2.74. The van der Waals surface area contributed by atoms with Gasteiger partial charge in [-0.25, -0.2) is 0 Å². The summed E-state index contributed by atoms with van der Waals surface area (Å²) in [4.78, 5) is 39.9. The first kappa shape index (κ1) is 28.5. The first-order chi connectivity index (χ1) is 19.5. The molecule has 42 heavy (non-hydrogen) atoms. The number of hydrogen-bond donors (Lipinski definition) is 3. The van der Waals surface area contributed by atoms with Gasteiger partial charge in [0.1, 0.15) is 11.7 Å². The molecular weight excluding hydrogens is 548 g/mol. The van der Waals surface area contributed by atoms with Gasteiger partial charge in [0.15, 0.2) is 17.7 Å². The number of fused-ring (bicyclic) bond motifs is 1. The number of hydrogen-bond acceptors (Lipinski definition) is 11. The molecule has 0 amide bonds. The van der Waals surface area contributed by atoms with E-state index in [9.17, 15) is 24.9 Å². The van der Waals surface area contributed by atoms with Crippen molar-refractivity contribution in [2.75, 3.05) is 6.61 Å². The van der Waals surface area contributed by atoms with Crippen LogP contribution in [0.25, 0.3) is 0 Å². The number of furan rings is 1. The van der Waals surface area contributed by atoms with E-state index in [0.29, 0.717) is 6.42 Å². The second-order valence-electron chi connectivity index (χ2n) is 14.4. The van der Waals surface area contributed by atoms with Gasteiger partial charge in [-0.05, 0) is 37.3 Å². The quantitative estimate of drug-likeness (QED) is 0.349. The largest absolute Gasteiger partial charge is 0.472 e. The van der Waals surface area contributed by atoms with Gasteiger partial charge >= 0.3 is 11.9 Å². The van der Waals surface area contributed by atoms with E-state index in [1.165, 1.54) is 20.8 Å². The summed E-state index contributed by atoms with van der Waals surface area (Å²) in [5.74, 6) is -5.43. The molecule has 1 aromatic heterocycles. The van der Waals surface area contributed by atoms with E-state index in [-0.39, 0.29) is 31.5 Å². The Kier molecular flexibility index (Phi) is 5.58. The average Bonchev–Trinajstić information content (AvgIpc) is 3.26. The number of rotatable bonds is 3. The van der Waals surface area contributed by atoms with Crippen molar-refractivity contribution in [3.8, 4) is 0 Å². The van der Waals surface area contributed by atoms with E-state index >= 15 is 4.79 Å². The molecule has 6 fully saturated rings. The third-order valence-corrected chi connectivity index (χ3v) is 13.1. The number of carbonyl (C=O) groups is 3. The Morgan fingerprint density at radius 2 is 1.64 bits per heavy atom. The molecule has 4 aliphatic carbocycles. The Bertz CT molecular complexity index is 1360. The fraction of sp³-hybridized carbons (Fsp3) is 0.774. The van der Waals surface area contributed by atoms with E-state index in [4.69, 9.17) is 23.4 Å². The van der Waals surface area contributed by atoms with Gasteiger partial charge < -0.3 is 38.7 Å². The predicted octanol–water partition coefficient (Wildman–Crippen LogP) is 1.86. The standard InChI is InChI=1S/C31H40O11/c1-14(32)40-21-11-20(35)30-13-39-29(6,37)27(21,4)18(30)10-19(34)28(5)24(30)23(36)25(41-15(2)33)26(3)17(16-7-8-38-12-16)9-22-31(26,28)42-22/h7-8,12,17-22,24-25,34-35,37H,9-11,13H2,1-6H3/t17-,18-,19+,20-,21-,22-,24-,25-,26+,27+,28-,29+,30+,31+/m0/s1. The summed E-state index contributed by atoms with van der Waals surface area (Å²) < 4.78 is 29.8. The molecule has 3 heterocycles. The van der Waals surface area contributed by atoms with Crippen LogP contribution >= 0.6 is 0 Å². The molecule has 1 aromatic rings. The molecule has 7 rings (SSSR count). The summed E-state index contributed by atoms with van der Waals surface area (Å²) in [7, 11) is 0. The monoisotopic (exact) mass is 588 g/mol. The van der Waals surface area contributed by atoms with Crippen molar-refractivity contribution in [1.82, 2.24) is 0 Å². The van der Waals surface area contributed by atoms with Gasteiger partial charge in [0, 0.05) is 42.9 Å². The fourth-order valence-corrected chi connectivity index (χ4v) is 11.3. The second kappa shape index (κ2) is 8.24. The van der Waals surface area contributed by atoms with Gasteiger partial charge in [-0.1, -0.05) is 20.8 Å². The maximum atomic E-state index is 15.1. The topological polar surface area (TPSA) is 165 Å². The molecule has 0 radical (unpaired) electrons. The van der Waals surface area contributed by atoms with E-state index in [0.717, 1.165) is 5.56 Å². The molecule has 0 aromatic carbocycles. The van der Waals surface area contributed by atoms with Crippen molar-refractivity contribution in [1.29, 1.82) is 0 Å². The van der Waals surface area contributed by atoms with Crippen LogP contribution in [0.1, 0.15) is 72.3 Å². The van der Waals surface area contributed by atoms with Crippen LogP contribution in [0.5, 0.6) is 0 Å². The lowest BCUT2D eigenvalue weighted by molar-refractivity contribution is -0.410. The molecule has 6 aliphatic rings. The van der Waals surface area contributed by atoms with Crippen LogP contribution in [0.2, 0.25) is 0 Å². The van der Waals surface area contributed by atoms with E-state index in [2.05, 4.69) is 0 Å². The molecule has 14 atom stereocenters. The highest BCUT2D eigenvalue weighted by Gasteiger charge is 2.93. The summed E-state index contributed by atoms with van der Waals surface area (Å²) in [6.45, 7) is 9.35. The number of ketones is 1. The van der Waals surface area contributed by atoms with Gasteiger partial charge in [0.25, 0.3) is 0 Å². The van der Waals surface area contributed by atoms with Gasteiger partial charge in [-0.2, -0.15) is 0 Å². The fourth-order valence-electron chi connectivity index (χ4n) is 11.3. The molecule has 2 aliphatic heterocycles. The molecular formula is C31H40O11. The van der Waals surface area contributed by atoms with Crippen LogP contribution in [0.4, 0.5) is 0 Å².